The van der Waals surface area contributed by atoms with Crippen molar-refractivity contribution in [1.82, 2.24) is 4.90 Å². The summed E-state index contributed by atoms with van der Waals surface area (Å²) in [6, 6.07) is 11.4. The fraction of sp³-hybridized carbons (Fsp3) is 0.286. The Kier molecular flexibility index (Phi) is 7.58. The van der Waals surface area contributed by atoms with Crippen LogP contribution >= 0.6 is 35.0 Å². The number of rotatable bonds is 7. The van der Waals surface area contributed by atoms with Crippen LogP contribution in [0.25, 0.3) is 0 Å². The van der Waals surface area contributed by atoms with Gasteiger partial charge in [-0.05, 0) is 43.2 Å². The minimum Gasteiger partial charge on any atom is -0.454 e. The zero-order valence-corrected chi connectivity index (χ0v) is 17.9. The van der Waals surface area contributed by atoms with Crippen molar-refractivity contribution < 1.29 is 19.1 Å². The quantitative estimate of drug-likeness (QED) is 0.345. The lowest BCUT2D eigenvalue weighted by molar-refractivity contribution is -0.127. The van der Waals surface area contributed by atoms with Crippen LogP contribution in [0.1, 0.15) is 33.6 Å². The van der Waals surface area contributed by atoms with E-state index in [0.29, 0.717) is 21.0 Å². The van der Waals surface area contributed by atoms with Crippen LogP contribution in [-0.2, 0) is 9.53 Å². The second-order valence-corrected chi connectivity index (χ2v) is 8.33. The summed E-state index contributed by atoms with van der Waals surface area (Å²) in [5.74, 6) is -0.682. The molecule has 8 heteroatoms. The maximum atomic E-state index is 12.5. The summed E-state index contributed by atoms with van der Waals surface area (Å²) >= 11 is 13.1. The number of benzene rings is 2. The molecular weight excluding hydrogens is 433 g/mol. The van der Waals surface area contributed by atoms with Crippen molar-refractivity contribution in [3.8, 4) is 0 Å². The second kappa shape index (κ2) is 10.1. The largest absolute Gasteiger partial charge is 0.454 e. The molecule has 0 bridgehead atoms. The first kappa shape index (κ1) is 21.7. The summed E-state index contributed by atoms with van der Waals surface area (Å²) in [5, 5.41) is 0.600. The molecule has 1 aliphatic heterocycles. The molecule has 1 fully saturated rings. The normalized spacial score (nSPS) is 13.4. The van der Waals surface area contributed by atoms with E-state index in [9.17, 15) is 14.4 Å². The highest BCUT2D eigenvalue weighted by Gasteiger charge is 2.20. The fourth-order valence-electron chi connectivity index (χ4n) is 2.92. The van der Waals surface area contributed by atoms with Crippen molar-refractivity contribution in [1.29, 1.82) is 0 Å². The molecule has 1 heterocycles. The number of hydrogen-bond donors (Lipinski definition) is 0. The molecule has 1 aliphatic rings. The van der Waals surface area contributed by atoms with Gasteiger partial charge in [0.15, 0.2) is 12.4 Å². The third-order valence-electron chi connectivity index (χ3n) is 4.49. The van der Waals surface area contributed by atoms with Gasteiger partial charge in [0.1, 0.15) is 0 Å². The summed E-state index contributed by atoms with van der Waals surface area (Å²) in [6.07, 6.45) is 2.07. The van der Waals surface area contributed by atoms with E-state index < -0.39 is 12.6 Å². The number of Topliss-reactive ketones (excluding diaryl/α,β-unsaturated/α-hetero) is 1. The van der Waals surface area contributed by atoms with E-state index in [4.69, 9.17) is 27.9 Å². The van der Waals surface area contributed by atoms with Gasteiger partial charge in [-0.1, -0.05) is 35.3 Å². The average Bonchev–Trinajstić information content (AvgIpc) is 3.27. The van der Waals surface area contributed by atoms with Crippen molar-refractivity contribution in [2.24, 2.45) is 0 Å². The Morgan fingerprint density at radius 1 is 1.00 bits per heavy atom. The van der Waals surface area contributed by atoms with Gasteiger partial charge in [-0.2, -0.15) is 0 Å². The Morgan fingerprint density at radius 2 is 1.72 bits per heavy atom. The van der Waals surface area contributed by atoms with E-state index in [-0.39, 0.29) is 22.5 Å². The number of carbonyl (C=O) groups excluding carboxylic acids is 3. The Hall–Kier alpha value is -2.02. The van der Waals surface area contributed by atoms with Gasteiger partial charge >= 0.3 is 5.97 Å². The van der Waals surface area contributed by atoms with Gasteiger partial charge in [0, 0.05) is 23.5 Å². The molecule has 0 atom stereocenters. The number of halogens is 2. The first-order chi connectivity index (χ1) is 14.0. The maximum absolute atomic E-state index is 12.5. The second-order valence-electron chi connectivity index (χ2n) is 6.50. The smallest absolute Gasteiger partial charge is 0.339 e. The Morgan fingerprint density at radius 3 is 2.45 bits per heavy atom. The van der Waals surface area contributed by atoms with Crippen molar-refractivity contribution in [2.75, 3.05) is 25.4 Å². The Balaban J connectivity index is 1.59. The number of hydrogen-bond acceptors (Lipinski definition) is 5. The highest BCUT2D eigenvalue weighted by molar-refractivity contribution is 8.00. The highest BCUT2D eigenvalue weighted by atomic mass is 35.5. The molecule has 0 spiro atoms. The van der Waals surface area contributed by atoms with Crippen LogP contribution in [0, 0.1) is 0 Å². The van der Waals surface area contributed by atoms with E-state index >= 15 is 0 Å². The SMILES string of the molecule is O=C(COC(=O)c1ccccc1SCC(=O)N1CCCC1)c1ccc(Cl)c(Cl)c1. The topological polar surface area (TPSA) is 63.7 Å². The molecule has 2 aromatic rings. The monoisotopic (exact) mass is 451 g/mol. The number of esters is 1. The molecule has 0 aromatic heterocycles. The predicted molar refractivity (Wildman–Crippen MR) is 114 cm³/mol. The maximum Gasteiger partial charge on any atom is 0.339 e. The molecule has 0 aliphatic carbocycles. The Bertz CT molecular complexity index is 929. The molecule has 1 saturated heterocycles. The van der Waals surface area contributed by atoms with Crippen LogP contribution in [0.5, 0.6) is 0 Å². The van der Waals surface area contributed by atoms with Crippen molar-refractivity contribution in [3.63, 3.8) is 0 Å². The highest BCUT2D eigenvalue weighted by Crippen LogP contribution is 2.25. The van der Waals surface area contributed by atoms with Crippen LogP contribution in [0.3, 0.4) is 0 Å². The zero-order chi connectivity index (χ0) is 20.8. The van der Waals surface area contributed by atoms with Gasteiger partial charge in [-0.3, -0.25) is 9.59 Å². The number of carbonyl (C=O) groups is 3. The van der Waals surface area contributed by atoms with Crippen LogP contribution in [0.4, 0.5) is 0 Å². The standard InChI is InChI=1S/C21H19Cl2NO4S/c22-16-8-7-14(11-17(16)23)18(25)12-28-21(27)15-5-1-2-6-19(15)29-13-20(26)24-9-3-4-10-24/h1-2,5-8,11H,3-4,9-10,12-13H2. The first-order valence-electron chi connectivity index (χ1n) is 9.10. The summed E-state index contributed by atoms with van der Waals surface area (Å²) in [4.78, 5) is 39.5. The number of likely N-dealkylation sites (tertiary alicyclic amines) is 1. The third-order valence-corrected chi connectivity index (χ3v) is 6.29. The molecule has 0 unspecified atom stereocenters. The van der Waals surface area contributed by atoms with Crippen LogP contribution in [0.15, 0.2) is 47.4 Å². The number of nitrogens with zero attached hydrogens (tertiary/aromatic N) is 1. The lowest BCUT2D eigenvalue weighted by Crippen LogP contribution is -2.29. The Labute approximate surface area is 183 Å². The zero-order valence-electron chi connectivity index (χ0n) is 15.5. The van der Waals surface area contributed by atoms with Gasteiger partial charge in [0.2, 0.25) is 5.91 Å². The van der Waals surface area contributed by atoms with Crippen LogP contribution in [-0.4, -0.2) is 48.0 Å². The molecule has 0 radical (unpaired) electrons. The summed E-state index contributed by atoms with van der Waals surface area (Å²) < 4.78 is 5.19. The van der Waals surface area contributed by atoms with Gasteiger partial charge in [-0.25, -0.2) is 4.79 Å². The average molecular weight is 452 g/mol. The number of ether oxygens (including phenoxy) is 1. The molecule has 29 heavy (non-hydrogen) atoms. The van der Waals surface area contributed by atoms with Gasteiger partial charge < -0.3 is 9.64 Å². The van der Waals surface area contributed by atoms with E-state index in [1.54, 1.807) is 24.3 Å². The van der Waals surface area contributed by atoms with Crippen LogP contribution < -0.4 is 0 Å². The van der Waals surface area contributed by atoms with Gasteiger partial charge in [0.25, 0.3) is 0 Å². The molecule has 0 saturated carbocycles. The summed E-state index contributed by atoms with van der Waals surface area (Å²) in [5.41, 5.74) is 0.639. The van der Waals surface area contributed by atoms with Crippen molar-refractivity contribution in [3.05, 3.63) is 63.6 Å². The first-order valence-corrected chi connectivity index (χ1v) is 10.8. The van der Waals surface area contributed by atoms with Gasteiger partial charge in [-0.15, -0.1) is 11.8 Å². The molecule has 1 amide bonds. The lowest BCUT2D eigenvalue weighted by atomic mass is 10.1. The molecular formula is C21H19Cl2NO4S. The number of amides is 1. The molecule has 152 valence electrons. The molecule has 5 nitrogen and oxygen atoms in total. The minimum atomic E-state index is -0.616. The number of thioether (sulfide) groups is 1. The van der Waals surface area contributed by atoms with Crippen molar-refractivity contribution in [2.45, 2.75) is 17.7 Å². The summed E-state index contributed by atoms with van der Waals surface area (Å²) in [7, 11) is 0. The van der Waals surface area contributed by atoms with Crippen LogP contribution in [0.2, 0.25) is 10.0 Å². The number of ketones is 1. The van der Waals surface area contributed by atoms with Gasteiger partial charge in [0.05, 0.1) is 21.4 Å². The fourth-order valence-corrected chi connectivity index (χ4v) is 4.16. The predicted octanol–water partition coefficient (Wildman–Crippen LogP) is 4.75. The van der Waals surface area contributed by atoms with E-state index in [1.807, 2.05) is 4.90 Å². The third kappa shape index (κ3) is 5.75. The van der Waals surface area contributed by atoms with E-state index in [1.165, 1.54) is 30.0 Å². The van der Waals surface area contributed by atoms with Crippen molar-refractivity contribution >= 4 is 52.6 Å². The summed E-state index contributed by atoms with van der Waals surface area (Å²) in [6.45, 7) is 1.17. The van der Waals surface area contributed by atoms with E-state index in [2.05, 4.69) is 0 Å². The minimum absolute atomic E-state index is 0.0606. The molecule has 0 N–H and O–H groups in total. The lowest BCUT2D eigenvalue weighted by Gasteiger charge is -2.15. The van der Waals surface area contributed by atoms with E-state index in [0.717, 1.165) is 25.9 Å². The molecule has 2 aromatic carbocycles. The molecule has 3 rings (SSSR count).